The van der Waals surface area contributed by atoms with Crippen LogP contribution in [0.1, 0.15) is 23.9 Å². The fraction of sp³-hybridized carbons (Fsp3) is 0.385. The molecule has 5 heteroatoms. The molecule has 2 atom stereocenters. The monoisotopic (exact) mass is 245 g/mol. The molecule has 1 saturated heterocycles. The average Bonchev–Trinajstić information content (AvgIpc) is 2.97. The highest BCUT2D eigenvalue weighted by atomic mass is 16.5. The zero-order valence-corrected chi connectivity index (χ0v) is 10.1. The Bertz CT molecular complexity index is 553. The molecular formula is C13H15N3O2. The number of nitrogens with one attached hydrogen (secondary N) is 1. The second kappa shape index (κ2) is 4.51. The van der Waals surface area contributed by atoms with Crippen molar-refractivity contribution in [2.24, 2.45) is 0 Å². The molecule has 1 aromatic carbocycles. The van der Waals surface area contributed by atoms with Crippen LogP contribution in [0, 0.1) is 6.92 Å². The van der Waals surface area contributed by atoms with Crippen LogP contribution in [-0.2, 0) is 0 Å². The van der Waals surface area contributed by atoms with E-state index in [0.717, 1.165) is 11.1 Å². The predicted molar refractivity (Wildman–Crippen MR) is 65.8 cm³/mol. The summed E-state index contributed by atoms with van der Waals surface area (Å²) in [6.07, 6.45) is 0.291. The third-order valence-corrected chi connectivity index (χ3v) is 3.12. The molecule has 0 spiro atoms. The molecule has 1 aliphatic heterocycles. The van der Waals surface area contributed by atoms with Crippen molar-refractivity contribution in [1.82, 2.24) is 15.5 Å². The van der Waals surface area contributed by atoms with Crippen LogP contribution in [0.3, 0.4) is 0 Å². The summed E-state index contributed by atoms with van der Waals surface area (Å²) in [4.78, 5) is 4.39. The number of β-amino-alcohol motifs (C(OH)–C–C–N with tert-alkyl or cyclic N) is 1. The summed E-state index contributed by atoms with van der Waals surface area (Å²) in [5, 5.41) is 16.6. The zero-order valence-electron chi connectivity index (χ0n) is 10.1. The first-order valence-corrected chi connectivity index (χ1v) is 6.04. The van der Waals surface area contributed by atoms with Gasteiger partial charge in [-0.05, 0) is 19.4 Å². The van der Waals surface area contributed by atoms with Crippen molar-refractivity contribution in [3.8, 4) is 11.4 Å². The highest BCUT2D eigenvalue weighted by Crippen LogP contribution is 2.24. The van der Waals surface area contributed by atoms with Gasteiger partial charge in [-0.1, -0.05) is 28.9 Å². The molecule has 5 nitrogen and oxygen atoms in total. The first kappa shape index (κ1) is 11.4. The van der Waals surface area contributed by atoms with Crippen molar-refractivity contribution in [3.05, 3.63) is 35.7 Å². The van der Waals surface area contributed by atoms with E-state index >= 15 is 0 Å². The molecule has 1 fully saturated rings. The van der Waals surface area contributed by atoms with Gasteiger partial charge in [0.2, 0.25) is 11.7 Å². The van der Waals surface area contributed by atoms with Crippen LogP contribution in [0.15, 0.2) is 28.8 Å². The molecule has 2 heterocycles. The minimum Gasteiger partial charge on any atom is -0.392 e. The lowest BCUT2D eigenvalue weighted by Gasteiger charge is -2.01. The predicted octanol–water partition coefficient (Wildman–Crippen LogP) is 1.44. The Kier molecular flexibility index (Phi) is 2.85. The van der Waals surface area contributed by atoms with Crippen LogP contribution in [0.25, 0.3) is 11.4 Å². The van der Waals surface area contributed by atoms with Crippen molar-refractivity contribution in [2.75, 3.05) is 6.54 Å². The zero-order chi connectivity index (χ0) is 12.5. The third-order valence-electron chi connectivity index (χ3n) is 3.12. The first-order valence-electron chi connectivity index (χ1n) is 6.04. The Balaban J connectivity index is 1.85. The Morgan fingerprint density at radius 3 is 3.06 bits per heavy atom. The molecular weight excluding hydrogens is 230 g/mol. The molecule has 2 aromatic rings. The molecule has 1 aromatic heterocycles. The standard InChI is InChI=1S/C13H15N3O2/c1-8-3-2-4-9(5-8)12-15-13(18-16-12)11-6-10(17)7-14-11/h2-5,10-11,14,17H,6-7H2,1H3/t10-,11-/m1/s1. The highest BCUT2D eigenvalue weighted by Gasteiger charge is 2.28. The van der Waals surface area contributed by atoms with E-state index in [1.165, 1.54) is 0 Å². The number of aryl methyl sites for hydroxylation is 1. The molecule has 2 N–H and O–H groups in total. The van der Waals surface area contributed by atoms with Gasteiger partial charge in [0.1, 0.15) is 0 Å². The quantitative estimate of drug-likeness (QED) is 0.837. The maximum absolute atomic E-state index is 9.47. The van der Waals surface area contributed by atoms with Crippen LogP contribution in [-0.4, -0.2) is 27.9 Å². The van der Waals surface area contributed by atoms with E-state index in [4.69, 9.17) is 4.52 Å². The lowest BCUT2D eigenvalue weighted by Crippen LogP contribution is -2.15. The van der Waals surface area contributed by atoms with Gasteiger partial charge in [0.15, 0.2) is 0 Å². The van der Waals surface area contributed by atoms with Crippen molar-refractivity contribution in [3.63, 3.8) is 0 Å². The lowest BCUT2D eigenvalue weighted by atomic mass is 10.1. The van der Waals surface area contributed by atoms with Crippen molar-refractivity contribution >= 4 is 0 Å². The molecule has 1 aliphatic rings. The number of rotatable bonds is 2. The number of aliphatic hydroxyl groups is 1. The molecule has 94 valence electrons. The summed E-state index contributed by atoms with van der Waals surface area (Å²) in [6, 6.07) is 7.94. The molecule has 0 saturated carbocycles. The van der Waals surface area contributed by atoms with Crippen LogP contribution in [0.2, 0.25) is 0 Å². The van der Waals surface area contributed by atoms with E-state index in [0.29, 0.717) is 24.7 Å². The SMILES string of the molecule is Cc1cccc(-c2noc([C@H]3C[C@@H](O)CN3)n2)c1. The van der Waals surface area contributed by atoms with E-state index in [1.54, 1.807) is 0 Å². The summed E-state index contributed by atoms with van der Waals surface area (Å²) < 4.78 is 5.26. The summed E-state index contributed by atoms with van der Waals surface area (Å²) in [6.45, 7) is 2.60. The summed E-state index contributed by atoms with van der Waals surface area (Å²) in [7, 11) is 0. The van der Waals surface area contributed by atoms with E-state index in [-0.39, 0.29) is 12.1 Å². The Hall–Kier alpha value is -1.72. The Labute approximate surface area is 105 Å². The molecule has 3 rings (SSSR count). The summed E-state index contributed by atoms with van der Waals surface area (Å²) in [5.74, 6) is 1.14. The highest BCUT2D eigenvalue weighted by molar-refractivity contribution is 5.55. The number of aliphatic hydroxyl groups excluding tert-OH is 1. The van der Waals surface area contributed by atoms with Gasteiger partial charge in [0.25, 0.3) is 0 Å². The summed E-state index contributed by atoms with van der Waals surface area (Å²) >= 11 is 0. The maximum atomic E-state index is 9.47. The van der Waals surface area contributed by atoms with Gasteiger partial charge in [-0.2, -0.15) is 4.98 Å². The van der Waals surface area contributed by atoms with Crippen molar-refractivity contribution in [2.45, 2.75) is 25.5 Å². The first-order chi connectivity index (χ1) is 8.72. The van der Waals surface area contributed by atoms with E-state index in [9.17, 15) is 5.11 Å². The normalized spacial score (nSPS) is 23.4. The molecule has 18 heavy (non-hydrogen) atoms. The molecule has 0 aliphatic carbocycles. The second-order valence-corrected chi connectivity index (χ2v) is 4.68. The van der Waals surface area contributed by atoms with Gasteiger partial charge >= 0.3 is 0 Å². The number of benzene rings is 1. The molecule has 0 bridgehead atoms. The van der Waals surface area contributed by atoms with E-state index in [1.807, 2.05) is 31.2 Å². The number of hydrogen-bond donors (Lipinski definition) is 2. The van der Waals surface area contributed by atoms with Gasteiger partial charge < -0.3 is 14.9 Å². The molecule has 0 unspecified atom stereocenters. The largest absolute Gasteiger partial charge is 0.392 e. The van der Waals surface area contributed by atoms with Crippen LogP contribution >= 0.6 is 0 Å². The van der Waals surface area contributed by atoms with Crippen molar-refractivity contribution < 1.29 is 9.63 Å². The Morgan fingerprint density at radius 2 is 2.33 bits per heavy atom. The second-order valence-electron chi connectivity index (χ2n) is 4.68. The third kappa shape index (κ3) is 2.14. The molecule has 0 amide bonds. The number of aromatic nitrogens is 2. The minimum atomic E-state index is -0.329. The van der Waals surface area contributed by atoms with E-state index < -0.39 is 0 Å². The number of nitrogens with zero attached hydrogens (tertiary/aromatic N) is 2. The maximum Gasteiger partial charge on any atom is 0.244 e. The van der Waals surface area contributed by atoms with Gasteiger partial charge in [-0.3, -0.25) is 0 Å². The lowest BCUT2D eigenvalue weighted by molar-refractivity contribution is 0.191. The molecule has 0 radical (unpaired) electrons. The van der Waals surface area contributed by atoms with Gasteiger partial charge in [0, 0.05) is 12.1 Å². The smallest absolute Gasteiger partial charge is 0.244 e. The van der Waals surface area contributed by atoms with Gasteiger partial charge in [-0.25, -0.2) is 0 Å². The fourth-order valence-corrected chi connectivity index (χ4v) is 2.18. The van der Waals surface area contributed by atoms with Crippen LogP contribution in [0.4, 0.5) is 0 Å². The fourth-order valence-electron chi connectivity index (χ4n) is 2.18. The van der Waals surface area contributed by atoms with Crippen molar-refractivity contribution in [1.29, 1.82) is 0 Å². The van der Waals surface area contributed by atoms with Gasteiger partial charge in [-0.15, -0.1) is 0 Å². The van der Waals surface area contributed by atoms with E-state index in [2.05, 4.69) is 15.5 Å². The van der Waals surface area contributed by atoms with Crippen LogP contribution < -0.4 is 5.32 Å². The van der Waals surface area contributed by atoms with Gasteiger partial charge in [0.05, 0.1) is 12.1 Å². The topological polar surface area (TPSA) is 71.2 Å². The average molecular weight is 245 g/mol. The minimum absolute atomic E-state index is 0.0361. The summed E-state index contributed by atoms with van der Waals surface area (Å²) in [5.41, 5.74) is 2.11. The van der Waals surface area contributed by atoms with Crippen LogP contribution in [0.5, 0.6) is 0 Å². The number of hydrogen-bond acceptors (Lipinski definition) is 5. The Morgan fingerprint density at radius 1 is 1.44 bits per heavy atom.